The predicted octanol–water partition coefficient (Wildman–Crippen LogP) is 2.70. The summed E-state index contributed by atoms with van der Waals surface area (Å²) in [6.07, 6.45) is 3.50. The van der Waals surface area contributed by atoms with Gasteiger partial charge in [-0.25, -0.2) is 4.79 Å². The molecule has 100 valence electrons. The Hall–Kier alpha value is -1.55. The molecule has 0 atom stereocenters. The van der Waals surface area contributed by atoms with Crippen LogP contribution in [0.5, 0.6) is 0 Å². The molecule has 4 nitrogen and oxygen atoms in total. The summed E-state index contributed by atoms with van der Waals surface area (Å²) in [6, 6.07) is 6.96. The lowest BCUT2D eigenvalue weighted by Crippen LogP contribution is -2.44. The number of amides is 3. The number of halogens is 1. The molecule has 2 fully saturated rings. The third-order valence-electron chi connectivity index (χ3n) is 3.93. The normalized spacial score (nSPS) is 21.2. The highest BCUT2D eigenvalue weighted by Gasteiger charge is 2.52. The van der Waals surface area contributed by atoms with Gasteiger partial charge in [-0.1, -0.05) is 36.6 Å². The van der Waals surface area contributed by atoms with Crippen LogP contribution in [0.1, 0.15) is 31.2 Å². The SMILES string of the molecule is O=C1NC2(CCCC2)C(=O)N1Cc1cccc(Cl)c1. The number of nitrogens with one attached hydrogen (secondary N) is 1. The van der Waals surface area contributed by atoms with Crippen molar-refractivity contribution in [3.8, 4) is 0 Å². The van der Waals surface area contributed by atoms with Crippen molar-refractivity contribution in [2.75, 3.05) is 0 Å². The van der Waals surface area contributed by atoms with E-state index in [-0.39, 0.29) is 18.5 Å². The van der Waals surface area contributed by atoms with E-state index in [1.807, 2.05) is 12.1 Å². The Bertz CT molecular complexity index is 538. The van der Waals surface area contributed by atoms with E-state index in [1.165, 1.54) is 4.90 Å². The molecule has 1 aromatic carbocycles. The minimum absolute atomic E-state index is 0.0880. The van der Waals surface area contributed by atoms with E-state index in [4.69, 9.17) is 11.6 Å². The Balaban J connectivity index is 1.82. The van der Waals surface area contributed by atoms with E-state index in [2.05, 4.69) is 5.32 Å². The minimum Gasteiger partial charge on any atom is -0.323 e. The lowest BCUT2D eigenvalue weighted by atomic mass is 9.98. The van der Waals surface area contributed by atoms with Crippen molar-refractivity contribution in [3.05, 3.63) is 34.9 Å². The van der Waals surface area contributed by atoms with Crippen LogP contribution in [-0.2, 0) is 11.3 Å². The van der Waals surface area contributed by atoms with Gasteiger partial charge in [-0.05, 0) is 30.5 Å². The van der Waals surface area contributed by atoms with E-state index >= 15 is 0 Å². The van der Waals surface area contributed by atoms with Crippen molar-refractivity contribution in [1.82, 2.24) is 10.2 Å². The van der Waals surface area contributed by atoms with Crippen LogP contribution < -0.4 is 5.32 Å². The second-order valence-corrected chi connectivity index (χ2v) is 5.68. The molecular formula is C14H15ClN2O2. The number of carbonyl (C=O) groups excluding carboxylic acids is 2. The fourth-order valence-electron chi connectivity index (χ4n) is 2.96. The fraction of sp³-hybridized carbons (Fsp3) is 0.429. The summed E-state index contributed by atoms with van der Waals surface area (Å²) in [5, 5.41) is 3.48. The van der Waals surface area contributed by atoms with Gasteiger partial charge in [0.1, 0.15) is 5.54 Å². The third kappa shape index (κ3) is 2.10. The van der Waals surface area contributed by atoms with Crippen LogP contribution in [0.2, 0.25) is 5.02 Å². The number of urea groups is 1. The molecule has 0 aromatic heterocycles. The summed E-state index contributed by atoms with van der Waals surface area (Å²) in [5.41, 5.74) is 0.237. The van der Waals surface area contributed by atoms with Crippen LogP contribution in [0, 0.1) is 0 Å². The van der Waals surface area contributed by atoms with E-state index in [0.717, 1.165) is 31.2 Å². The van der Waals surface area contributed by atoms with Crippen LogP contribution in [0.25, 0.3) is 0 Å². The summed E-state index contributed by atoms with van der Waals surface area (Å²) in [6.45, 7) is 0.285. The van der Waals surface area contributed by atoms with Crippen molar-refractivity contribution in [1.29, 1.82) is 0 Å². The Labute approximate surface area is 116 Å². The Morgan fingerprint density at radius 1 is 1.26 bits per heavy atom. The third-order valence-corrected chi connectivity index (χ3v) is 4.17. The molecule has 1 heterocycles. The van der Waals surface area contributed by atoms with Gasteiger partial charge in [-0.2, -0.15) is 0 Å². The first-order chi connectivity index (χ1) is 9.11. The van der Waals surface area contributed by atoms with Crippen LogP contribution in [0.3, 0.4) is 0 Å². The van der Waals surface area contributed by atoms with Crippen LogP contribution >= 0.6 is 11.6 Å². The van der Waals surface area contributed by atoms with Gasteiger partial charge in [0.25, 0.3) is 5.91 Å². The van der Waals surface area contributed by atoms with Crippen molar-refractivity contribution in [2.45, 2.75) is 37.8 Å². The molecule has 1 aliphatic carbocycles. The van der Waals surface area contributed by atoms with Gasteiger partial charge in [-0.3, -0.25) is 9.69 Å². The van der Waals surface area contributed by atoms with Gasteiger partial charge < -0.3 is 5.32 Å². The van der Waals surface area contributed by atoms with Gasteiger partial charge in [0, 0.05) is 5.02 Å². The molecule has 1 aromatic rings. The lowest BCUT2D eigenvalue weighted by Gasteiger charge is -2.20. The predicted molar refractivity (Wildman–Crippen MR) is 71.7 cm³/mol. The summed E-state index contributed by atoms with van der Waals surface area (Å²) < 4.78 is 0. The molecule has 1 saturated heterocycles. The van der Waals surface area contributed by atoms with Crippen LogP contribution in [0.15, 0.2) is 24.3 Å². The molecule has 5 heteroatoms. The largest absolute Gasteiger partial charge is 0.325 e. The number of rotatable bonds is 2. The molecule has 1 aliphatic heterocycles. The molecule has 2 aliphatic rings. The zero-order chi connectivity index (χ0) is 13.5. The monoisotopic (exact) mass is 278 g/mol. The Morgan fingerprint density at radius 2 is 2.00 bits per heavy atom. The van der Waals surface area contributed by atoms with Crippen molar-refractivity contribution in [3.63, 3.8) is 0 Å². The van der Waals surface area contributed by atoms with Gasteiger partial charge in [0.05, 0.1) is 6.54 Å². The highest BCUT2D eigenvalue weighted by atomic mass is 35.5. The Morgan fingerprint density at radius 3 is 2.68 bits per heavy atom. The van der Waals surface area contributed by atoms with Gasteiger partial charge >= 0.3 is 6.03 Å². The summed E-state index contributed by atoms with van der Waals surface area (Å²) >= 11 is 5.92. The molecular weight excluding hydrogens is 264 g/mol. The molecule has 0 radical (unpaired) electrons. The lowest BCUT2D eigenvalue weighted by molar-refractivity contribution is -0.131. The fourth-order valence-corrected chi connectivity index (χ4v) is 3.17. The highest BCUT2D eigenvalue weighted by molar-refractivity contribution is 6.30. The average Bonchev–Trinajstić information content (AvgIpc) is 2.92. The molecule has 1 saturated carbocycles. The molecule has 0 unspecified atom stereocenters. The number of imide groups is 1. The number of carbonyl (C=O) groups is 2. The van der Waals surface area contributed by atoms with Gasteiger partial charge in [0.15, 0.2) is 0 Å². The average molecular weight is 279 g/mol. The van der Waals surface area contributed by atoms with Crippen LogP contribution in [0.4, 0.5) is 4.79 Å². The van der Waals surface area contributed by atoms with Crippen molar-refractivity contribution in [2.24, 2.45) is 0 Å². The van der Waals surface area contributed by atoms with Crippen LogP contribution in [-0.4, -0.2) is 22.4 Å². The maximum absolute atomic E-state index is 12.4. The molecule has 3 rings (SSSR count). The second-order valence-electron chi connectivity index (χ2n) is 5.24. The molecule has 0 bridgehead atoms. The maximum Gasteiger partial charge on any atom is 0.325 e. The Kier molecular flexibility index (Phi) is 2.97. The maximum atomic E-state index is 12.4. The second kappa shape index (κ2) is 4.53. The summed E-state index contributed by atoms with van der Waals surface area (Å²) in [4.78, 5) is 25.7. The number of nitrogens with zero attached hydrogens (tertiary/aromatic N) is 1. The van der Waals surface area contributed by atoms with E-state index in [1.54, 1.807) is 12.1 Å². The first kappa shape index (κ1) is 12.5. The minimum atomic E-state index is -0.629. The molecule has 1 N–H and O–H groups in total. The number of hydrogen-bond acceptors (Lipinski definition) is 2. The molecule has 1 spiro atoms. The van der Waals surface area contributed by atoms with Gasteiger partial charge in [-0.15, -0.1) is 0 Å². The summed E-state index contributed by atoms with van der Waals surface area (Å²) in [7, 11) is 0. The van der Waals surface area contributed by atoms with Crippen molar-refractivity contribution >= 4 is 23.5 Å². The first-order valence-electron chi connectivity index (χ1n) is 6.49. The zero-order valence-electron chi connectivity index (χ0n) is 10.5. The number of benzene rings is 1. The quantitative estimate of drug-likeness (QED) is 0.846. The zero-order valence-corrected chi connectivity index (χ0v) is 11.2. The smallest absolute Gasteiger partial charge is 0.323 e. The van der Waals surface area contributed by atoms with E-state index < -0.39 is 5.54 Å². The topological polar surface area (TPSA) is 49.4 Å². The molecule has 3 amide bonds. The van der Waals surface area contributed by atoms with E-state index in [0.29, 0.717) is 5.02 Å². The standard InChI is InChI=1S/C14H15ClN2O2/c15-11-5-3-4-10(8-11)9-17-12(18)14(16-13(17)19)6-1-2-7-14/h3-5,8H,1-2,6-7,9H2,(H,16,19). The summed E-state index contributed by atoms with van der Waals surface area (Å²) in [5.74, 6) is -0.0880. The first-order valence-corrected chi connectivity index (χ1v) is 6.87. The number of hydrogen-bond donors (Lipinski definition) is 1. The van der Waals surface area contributed by atoms with E-state index in [9.17, 15) is 9.59 Å². The highest BCUT2D eigenvalue weighted by Crippen LogP contribution is 2.35. The van der Waals surface area contributed by atoms with Crippen molar-refractivity contribution < 1.29 is 9.59 Å². The molecule has 19 heavy (non-hydrogen) atoms. The van der Waals surface area contributed by atoms with Gasteiger partial charge in [0.2, 0.25) is 0 Å².